The van der Waals surface area contributed by atoms with Crippen LogP contribution in [-0.4, -0.2) is 4.92 Å². The number of rotatable bonds is 3. The lowest BCUT2D eigenvalue weighted by atomic mass is 10.2. The SMILES string of the molecule is N#Cc1c(F)cccc1Oc1ccc([N+](=O)[O-])cc1F. The van der Waals surface area contributed by atoms with Gasteiger partial charge in [0.25, 0.3) is 5.69 Å². The zero-order valence-corrected chi connectivity index (χ0v) is 9.84. The molecule has 0 saturated heterocycles. The van der Waals surface area contributed by atoms with E-state index in [9.17, 15) is 18.9 Å². The number of non-ortho nitro benzene ring substituents is 1. The Hall–Kier alpha value is -3.01. The van der Waals surface area contributed by atoms with Gasteiger partial charge in [-0.1, -0.05) is 6.07 Å². The van der Waals surface area contributed by atoms with Gasteiger partial charge in [0.1, 0.15) is 23.2 Å². The van der Waals surface area contributed by atoms with Crippen LogP contribution in [0.15, 0.2) is 36.4 Å². The molecule has 2 aromatic rings. The fraction of sp³-hybridized carbons (Fsp3) is 0. The molecule has 20 heavy (non-hydrogen) atoms. The van der Waals surface area contributed by atoms with Gasteiger partial charge in [0.2, 0.25) is 0 Å². The van der Waals surface area contributed by atoms with Gasteiger partial charge in [-0.05, 0) is 18.2 Å². The van der Waals surface area contributed by atoms with Crippen molar-refractivity contribution in [3.63, 3.8) is 0 Å². The summed E-state index contributed by atoms with van der Waals surface area (Å²) in [7, 11) is 0. The van der Waals surface area contributed by atoms with Crippen LogP contribution in [0.1, 0.15) is 5.56 Å². The average Bonchev–Trinajstić information content (AvgIpc) is 2.41. The summed E-state index contributed by atoms with van der Waals surface area (Å²) >= 11 is 0. The highest BCUT2D eigenvalue weighted by atomic mass is 19.1. The van der Waals surface area contributed by atoms with Crippen LogP contribution < -0.4 is 4.74 Å². The van der Waals surface area contributed by atoms with Gasteiger partial charge in [-0.15, -0.1) is 0 Å². The van der Waals surface area contributed by atoms with E-state index >= 15 is 0 Å². The van der Waals surface area contributed by atoms with E-state index in [4.69, 9.17) is 10.00 Å². The van der Waals surface area contributed by atoms with Gasteiger partial charge in [0.15, 0.2) is 11.6 Å². The zero-order valence-electron chi connectivity index (χ0n) is 9.84. The monoisotopic (exact) mass is 276 g/mol. The first kappa shape index (κ1) is 13.4. The lowest BCUT2D eigenvalue weighted by Gasteiger charge is -2.08. The molecular weight excluding hydrogens is 270 g/mol. The van der Waals surface area contributed by atoms with Crippen molar-refractivity contribution in [1.29, 1.82) is 5.26 Å². The molecule has 0 unspecified atom stereocenters. The van der Waals surface area contributed by atoms with Crippen LogP contribution in [-0.2, 0) is 0 Å². The number of benzene rings is 2. The topological polar surface area (TPSA) is 76.2 Å². The Balaban J connectivity index is 2.39. The third kappa shape index (κ3) is 2.54. The zero-order chi connectivity index (χ0) is 14.7. The maximum Gasteiger partial charge on any atom is 0.272 e. The van der Waals surface area contributed by atoms with Crippen molar-refractivity contribution in [2.45, 2.75) is 0 Å². The van der Waals surface area contributed by atoms with Crippen LogP contribution in [0.2, 0.25) is 0 Å². The van der Waals surface area contributed by atoms with Gasteiger partial charge in [-0.3, -0.25) is 10.1 Å². The van der Waals surface area contributed by atoms with E-state index in [1.54, 1.807) is 6.07 Å². The fourth-order valence-corrected chi connectivity index (χ4v) is 1.50. The van der Waals surface area contributed by atoms with Gasteiger partial charge < -0.3 is 4.74 Å². The molecule has 7 heteroatoms. The van der Waals surface area contributed by atoms with Gasteiger partial charge in [-0.25, -0.2) is 8.78 Å². The van der Waals surface area contributed by atoms with E-state index in [-0.39, 0.29) is 17.1 Å². The predicted molar refractivity (Wildman–Crippen MR) is 64.2 cm³/mol. The molecule has 0 bridgehead atoms. The van der Waals surface area contributed by atoms with Crippen molar-refractivity contribution in [2.75, 3.05) is 0 Å². The Labute approximate surface area is 111 Å². The normalized spacial score (nSPS) is 9.85. The lowest BCUT2D eigenvalue weighted by Crippen LogP contribution is -1.95. The summed E-state index contributed by atoms with van der Waals surface area (Å²) in [6.45, 7) is 0. The number of hydrogen-bond donors (Lipinski definition) is 0. The Bertz CT molecular complexity index is 726. The second-order valence-corrected chi connectivity index (χ2v) is 3.70. The van der Waals surface area contributed by atoms with Crippen LogP contribution in [0.4, 0.5) is 14.5 Å². The third-order valence-corrected chi connectivity index (χ3v) is 2.43. The largest absolute Gasteiger partial charge is 0.453 e. The molecule has 0 radical (unpaired) electrons. The van der Waals surface area contributed by atoms with Gasteiger partial charge >= 0.3 is 0 Å². The molecule has 0 aromatic heterocycles. The van der Waals surface area contributed by atoms with Gasteiger partial charge in [0, 0.05) is 6.07 Å². The van der Waals surface area contributed by atoms with E-state index in [0.29, 0.717) is 6.07 Å². The molecule has 0 spiro atoms. The van der Waals surface area contributed by atoms with Crippen LogP contribution >= 0.6 is 0 Å². The molecule has 0 aliphatic rings. The number of nitro benzene ring substituents is 1. The Morgan fingerprint density at radius 3 is 2.50 bits per heavy atom. The smallest absolute Gasteiger partial charge is 0.272 e. The fourth-order valence-electron chi connectivity index (χ4n) is 1.50. The van der Waals surface area contributed by atoms with Crippen molar-refractivity contribution in [3.05, 3.63) is 63.7 Å². The summed E-state index contributed by atoms with van der Waals surface area (Å²) in [6.07, 6.45) is 0. The van der Waals surface area contributed by atoms with Crippen LogP contribution in [0, 0.1) is 33.1 Å². The summed E-state index contributed by atoms with van der Waals surface area (Å²) in [6, 6.07) is 8.03. The van der Waals surface area contributed by atoms with Gasteiger partial charge in [-0.2, -0.15) is 5.26 Å². The molecule has 0 fully saturated rings. The predicted octanol–water partition coefficient (Wildman–Crippen LogP) is 3.54. The van der Waals surface area contributed by atoms with Crippen molar-refractivity contribution < 1.29 is 18.4 Å². The molecule has 100 valence electrons. The first-order valence-electron chi connectivity index (χ1n) is 5.33. The second-order valence-electron chi connectivity index (χ2n) is 3.70. The first-order chi connectivity index (χ1) is 9.52. The van der Waals surface area contributed by atoms with Crippen molar-refractivity contribution in [2.24, 2.45) is 0 Å². The molecule has 0 aliphatic heterocycles. The molecule has 0 aliphatic carbocycles. The molecule has 0 heterocycles. The molecule has 0 atom stereocenters. The molecule has 0 saturated carbocycles. The van der Waals surface area contributed by atoms with Crippen molar-refractivity contribution in [1.82, 2.24) is 0 Å². The lowest BCUT2D eigenvalue weighted by molar-refractivity contribution is -0.385. The average molecular weight is 276 g/mol. The van der Waals surface area contributed by atoms with E-state index in [2.05, 4.69) is 0 Å². The molecule has 2 rings (SSSR count). The number of hydrogen-bond acceptors (Lipinski definition) is 4. The standard InChI is InChI=1S/C13H6F2N2O3/c14-10-2-1-3-12(9(10)7-16)20-13-5-4-8(17(18)19)6-11(13)15/h1-6H. The maximum atomic E-state index is 13.6. The summed E-state index contributed by atoms with van der Waals surface area (Å²) in [4.78, 5) is 9.72. The van der Waals surface area contributed by atoms with Crippen molar-refractivity contribution >= 4 is 5.69 Å². The minimum absolute atomic E-state index is 0.166. The summed E-state index contributed by atoms with van der Waals surface area (Å²) in [5, 5.41) is 19.3. The Kier molecular flexibility index (Phi) is 3.57. The highest BCUT2D eigenvalue weighted by Gasteiger charge is 2.15. The number of nitriles is 1. The van der Waals surface area contributed by atoms with Gasteiger partial charge in [0.05, 0.1) is 11.0 Å². The Morgan fingerprint density at radius 2 is 1.90 bits per heavy atom. The Morgan fingerprint density at radius 1 is 1.15 bits per heavy atom. The quantitative estimate of drug-likeness (QED) is 0.634. The summed E-state index contributed by atoms with van der Waals surface area (Å²) in [5.74, 6) is -2.28. The summed E-state index contributed by atoms with van der Waals surface area (Å²) < 4.78 is 32.1. The van der Waals surface area contributed by atoms with E-state index in [0.717, 1.165) is 18.2 Å². The molecular formula is C13H6F2N2O3. The van der Waals surface area contributed by atoms with E-state index in [1.807, 2.05) is 0 Å². The minimum atomic E-state index is -0.979. The van der Waals surface area contributed by atoms with E-state index in [1.165, 1.54) is 12.1 Å². The molecule has 5 nitrogen and oxygen atoms in total. The maximum absolute atomic E-state index is 13.6. The molecule has 0 amide bonds. The van der Waals surface area contributed by atoms with E-state index < -0.39 is 22.2 Å². The second kappa shape index (κ2) is 5.32. The molecule has 0 N–H and O–H groups in total. The highest BCUT2D eigenvalue weighted by molar-refractivity contribution is 5.47. The van der Waals surface area contributed by atoms with Crippen LogP contribution in [0.25, 0.3) is 0 Å². The number of nitro groups is 1. The molecule has 2 aromatic carbocycles. The van der Waals surface area contributed by atoms with Crippen molar-refractivity contribution in [3.8, 4) is 17.6 Å². The summed E-state index contributed by atoms with van der Waals surface area (Å²) in [5.41, 5.74) is -0.806. The highest BCUT2D eigenvalue weighted by Crippen LogP contribution is 2.30. The van der Waals surface area contributed by atoms with Crippen LogP contribution in [0.3, 0.4) is 0 Å². The number of ether oxygens (including phenoxy) is 1. The van der Waals surface area contributed by atoms with Crippen LogP contribution in [0.5, 0.6) is 11.5 Å². The number of halogens is 2. The third-order valence-electron chi connectivity index (χ3n) is 2.43. The minimum Gasteiger partial charge on any atom is -0.453 e. The number of nitrogens with zero attached hydrogens (tertiary/aromatic N) is 2. The first-order valence-corrected chi connectivity index (χ1v) is 5.33.